The number of hydrogen-bond donors (Lipinski definition) is 1. The number of carbonyl (C=O) groups is 1. The van der Waals surface area contributed by atoms with Crippen molar-refractivity contribution in [2.24, 2.45) is 5.92 Å². The van der Waals surface area contributed by atoms with E-state index in [2.05, 4.69) is 6.92 Å². The zero-order valence-corrected chi connectivity index (χ0v) is 33.5. The Morgan fingerprint density at radius 2 is 0.815 bits per heavy atom. The van der Waals surface area contributed by atoms with Crippen LogP contribution in [0.25, 0.3) is 0 Å². The zero-order chi connectivity index (χ0) is 38.1. The number of carbonyl (C=O) groups excluding carboxylic acids is 1. The molecule has 0 amide bonds. The normalized spacial score (nSPS) is 21.2. The van der Waals surface area contributed by atoms with Crippen molar-refractivity contribution in [3.05, 3.63) is 108 Å². The number of ether oxygens (including phenoxy) is 4. The van der Waals surface area contributed by atoms with Gasteiger partial charge in [-0.1, -0.05) is 208 Å². The van der Waals surface area contributed by atoms with Gasteiger partial charge in [0.2, 0.25) is 0 Å². The Bertz CT molecular complexity index is 1350. The third kappa shape index (κ3) is 16.4. The standard InChI is InChI=1S/C48H70O6/c1-3-4-5-6-7-8-9-10-11-12-13-14-15-16-17-18-28-35-43(49)54-46-44(50)39(2)45(51-36-40-29-22-19-23-30-40)47(52-37-41-31-24-20-25-32-41)48(46)53-38-42-33-26-21-27-34-42/h19-27,29-34,39,44-48,50H,3-18,28,35-38H2,1-2H3/t39-,44-,45+,46-,47-,48-/m0/s1. The number of aliphatic hydroxyl groups is 1. The molecule has 6 nitrogen and oxygen atoms in total. The molecule has 3 aromatic rings. The fourth-order valence-corrected chi connectivity index (χ4v) is 7.63. The van der Waals surface area contributed by atoms with Crippen LogP contribution in [0.5, 0.6) is 0 Å². The molecule has 0 spiro atoms. The van der Waals surface area contributed by atoms with Crippen LogP contribution in [-0.4, -0.2) is 41.6 Å². The number of hydrogen-bond acceptors (Lipinski definition) is 6. The minimum atomic E-state index is -0.984. The van der Waals surface area contributed by atoms with Crippen molar-refractivity contribution in [2.45, 2.75) is 180 Å². The van der Waals surface area contributed by atoms with Crippen LogP contribution in [0.2, 0.25) is 0 Å². The predicted molar refractivity (Wildman–Crippen MR) is 219 cm³/mol. The summed E-state index contributed by atoms with van der Waals surface area (Å²) in [5.74, 6) is -0.671. The molecule has 1 saturated carbocycles. The Hall–Kier alpha value is -3.03. The highest BCUT2D eigenvalue weighted by atomic mass is 16.6. The van der Waals surface area contributed by atoms with E-state index in [0.717, 1.165) is 36.0 Å². The molecule has 0 aromatic heterocycles. The molecule has 4 rings (SSSR count). The number of unbranched alkanes of at least 4 members (excludes halogenated alkanes) is 16. The number of aliphatic hydroxyl groups excluding tert-OH is 1. The molecule has 0 bridgehead atoms. The van der Waals surface area contributed by atoms with E-state index in [1.54, 1.807) is 0 Å². The molecule has 6 atom stereocenters. The maximum Gasteiger partial charge on any atom is 0.306 e. The van der Waals surface area contributed by atoms with E-state index in [1.165, 1.54) is 89.9 Å². The van der Waals surface area contributed by atoms with Gasteiger partial charge in [0, 0.05) is 12.3 Å². The zero-order valence-electron chi connectivity index (χ0n) is 33.5. The quantitative estimate of drug-likeness (QED) is 0.0590. The monoisotopic (exact) mass is 743 g/mol. The van der Waals surface area contributed by atoms with Crippen LogP contribution in [0.15, 0.2) is 91.0 Å². The van der Waals surface area contributed by atoms with Crippen LogP contribution in [0.3, 0.4) is 0 Å². The van der Waals surface area contributed by atoms with Gasteiger partial charge in [0.1, 0.15) is 12.2 Å². The van der Waals surface area contributed by atoms with Gasteiger partial charge in [-0.05, 0) is 23.1 Å². The van der Waals surface area contributed by atoms with E-state index < -0.39 is 30.5 Å². The van der Waals surface area contributed by atoms with Crippen LogP contribution in [0.4, 0.5) is 0 Å². The fraction of sp³-hybridized carbons (Fsp3) is 0.604. The Morgan fingerprint density at radius 3 is 1.20 bits per heavy atom. The molecule has 0 radical (unpaired) electrons. The summed E-state index contributed by atoms with van der Waals surface area (Å²) >= 11 is 0. The number of rotatable bonds is 28. The first kappa shape index (κ1) is 43.7. The summed E-state index contributed by atoms with van der Waals surface area (Å²) in [6.07, 6.45) is 18.6. The first-order chi connectivity index (χ1) is 26.6. The second kappa shape index (κ2) is 26.7. The minimum Gasteiger partial charge on any atom is -0.457 e. The van der Waals surface area contributed by atoms with Gasteiger partial charge in [0.15, 0.2) is 6.10 Å². The van der Waals surface area contributed by atoms with E-state index in [0.29, 0.717) is 19.6 Å². The van der Waals surface area contributed by atoms with Crippen molar-refractivity contribution in [1.82, 2.24) is 0 Å². The lowest BCUT2D eigenvalue weighted by Crippen LogP contribution is -2.63. The molecule has 298 valence electrons. The highest BCUT2D eigenvalue weighted by Gasteiger charge is 2.52. The Labute approximate surface area is 327 Å². The lowest BCUT2D eigenvalue weighted by atomic mass is 9.78. The Kier molecular flexibility index (Phi) is 21.6. The molecule has 1 N–H and O–H groups in total. The summed E-state index contributed by atoms with van der Waals surface area (Å²) in [5, 5.41) is 11.8. The van der Waals surface area contributed by atoms with Gasteiger partial charge in [-0.15, -0.1) is 0 Å². The molecule has 0 unspecified atom stereocenters. The van der Waals surface area contributed by atoms with E-state index >= 15 is 0 Å². The van der Waals surface area contributed by atoms with E-state index in [9.17, 15) is 9.90 Å². The highest BCUT2D eigenvalue weighted by molar-refractivity contribution is 5.69. The van der Waals surface area contributed by atoms with E-state index in [4.69, 9.17) is 18.9 Å². The summed E-state index contributed by atoms with van der Waals surface area (Å²) in [5.41, 5.74) is 3.04. The topological polar surface area (TPSA) is 74.2 Å². The smallest absolute Gasteiger partial charge is 0.306 e. The summed E-state index contributed by atoms with van der Waals surface area (Å²) in [4.78, 5) is 13.4. The third-order valence-corrected chi connectivity index (χ3v) is 11.0. The Morgan fingerprint density at radius 1 is 0.481 bits per heavy atom. The van der Waals surface area contributed by atoms with Crippen LogP contribution in [-0.2, 0) is 43.6 Å². The highest BCUT2D eigenvalue weighted by Crippen LogP contribution is 2.36. The largest absolute Gasteiger partial charge is 0.457 e. The van der Waals surface area contributed by atoms with Crippen molar-refractivity contribution < 1.29 is 28.8 Å². The van der Waals surface area contributed by atoms with Crippen LogP contribution >= 0.6 is 0 Å². The molecule has 6 heteroatoms. The summed E-state index contributed by atoms with van der Waals surface area (Å²) in [6, 6.07) is 29.9. The van der Waals surface area contributed by atoms with Crippen molar-refractivity contribution >= 4 is 5.97 Å². The Balaban J connectivity index is 1.26. The van der Waals surface area contributed by atoms with Gasteiger partial charge in [-0.3, -0.25) is 4.79 Å². The van der Waals surface area contributed by atoms with Crippen molar-refractivity contribution in [3.8, 4) is 0 Å². The first-order valence-electron chi connectivity index (χ1n) is 21.4. The SMILES string of the molecule is CCCCCCCCCCCCCCCCCCCC(=O)O[C@H]1[C@@H](O)[C@H](C)[C@@H](OCc2ccccc2)[C@H](OCc2ccccc2)[C@H]1OCc1ccccc1. The molecule has 1 aliphatic rings. The summed E-state index contributed by atoms with van der Waals surface area (Å²) < 4.78 is 25.9. The third-order valence-electron chi connectivity index (χ3n) is 11.0. The molecule has 54 heavy (non-hydrogen) atoms. The predicted octanol–water partition coefficient (Wildman–Crippen LogP) is 11.7. The maximum absolute atomic E-state index is 13.4. The van der Waals surface area contributed by atoms with E-state index in [-0.39, 0.29) is 18.5 Å². The average molecular weight is 743 g/mol. The van der Waals surface area contributed by atoms with Gasteiger partial charge in [0.25, 0.3) is 0 Å². The maximum atomic E-state index is 13.4. The molecule has 0 aliphatic heterocycles. The van der Waals surface area contributed by atoms with Gasteiger partial charge in [0.05, 0.1) is 32.0 Å². The minimum absolute atomic E-state index is 0.288. The van der Waals surface area contributed by atoms with Gasteiger partial charge >= 0.3 is 5.97 Å². The fourth-order valence-electron chi connectivity index (χ4n) is 7.63. The van der Waals surface area contributed by atoms with Crippen molar-refractivity contribution in [1.29, 1.82) is 0 Å². The molecule has 1 aliphatic carbocycles. The second-order valence-electron chi connectivity index (χ2n) is 15.5. The molecule has 3 aromatic carbocycles. The summed E-state index contributed by atoms with van der Waals surface area (Å²) in [7, 11) is 0. The summed E-state index contributed by atoms with van der Waals surface area (Å²) in [6.45, 7) is 5.22. The molecular formula is C48H70O6. The lowest BCUT2D eigenvalue weighted by molar-refractivity contribution is -0.253. The second-order valence-corrected chi connectivity index (χ2v) is 15.5. The average Bonchev–Trinajstić information content (AvgIpc) is 3.20. The van der Waals surface area contributed by atoms with E-state index in [1.807, 2.05) is 97.9 Å². The van der Waals surface area contributed by atoms with Gasteiger partial charge in [-0.2, -0.15) is 0 Å². The molecular weight excluding hydrogens is 673 g/mol. The van der Waals surface area contributed by atoms with Gasteiger partial charge in [-0.25, -0.2) is 0 Å². The van der Waals surface area contributed by atoms with Crippen LogP contribution in [0, 0.1) is 5.92 Å². The van der Waals surface area contributed by atoms with Crippen molar-refractivity contribution in [2.75, 3.05) is 0 Å². The number of benzene rings is 3. The molecule has 0 heterocycles. The van der Waals surface area contributed by atoms with Crippen LogP contribution < -0.4 is 0 Å². The van der Waals surface area contributed by atoms with Crippen molar-refractivity contribution in [3.63, 3.8) is 0 Å². The number of esters is 1. The van der Waals surface area contributed by atoms with Crippen LogP contribution in [0.1, 0.15) is 146 Å². The lowest BCUT2D eigenvalue weighted by Gasteiger charge is -2.47. The molecule has 1 fully saturated rings. The molecule has 0 saturated heterocycles. The first-order valence-corrected chi connectivity index (χ1v) is 21.4. The van der Waals surface area contributed by atoms with Gasteiger partial charge < -0.3 is 24.1 Å².